The number of primary amides is 1. The van der Waals surface area contributed by atoms with Crippen molar-refractivity contribution in [1.29, 1.82) is 0 Å². The molecule has 6 nitrogen and oxygen atoms in total. The van der Waals surface area contributed by atoms with Crippen LogP contribution in [0.5, 0.6) is 5.75 Å². The molecule has 5 N–H and O–H groups in total. The van der Waals surface area contributed by atoms with E-state index in [-0.39, 0.29) is 18.9 Å². The van der Waals surface area contributed by atoms with Crippen LogP contribution in [0.2, 0.25) is 0 Å². The zero-order valence-corrected chi connectivity index (χ0v) is 11.1. The Morgan fingerprint density at radius 1 is 1.26 bits per heavy atom. The van der Waals surface area contributed by atoms with Gasteiger partial charge in [-0.1, -0.05) is 0 Å². The molecule has 0 heterocycles. The molecule has 2 amide bonds. The topological polar surface area (TPSA) is 107 Å². The van der Waals surface area contributed by atoms with Crippen molar-refractivity contribution in [2.75, 3.05) is 12.3 Å². The van der Waals surface area contributed by atoms with Crippen LogP contribution >= 0.6 is 0 Å². The Bertz CT molecular complexity index is 455. The lowest BCUT2D eigenvalue weighted by molar-refractivity contribution is -0.130. The van der Waals surface area contributed by atoms with Crippen molar-refractivity contribution in [3.63, 3.8) is 0 Å². The number of nitrogens with two attached hydrogens (primary N) is 2. The van der Waals surface area contributed by atoms with E-state index in [1.54, 1.807) is 38.1 Å². The molecule has 19 heavy (non-hydrogen) atoms. The Hall–Kier alpha value is -2.24. The van der Waals surface area contributed by atoms with Gasteiger partial charge in [0, 0.05) is 5.69 Å². The predicted molar refractivity (Wildman–Crippen MR) is 72.4 cm³/mol. The van der Waals surface area contributed by atoms with Crippen LogP contribution < -0.4 is 21.5 Å². The van der Waals surface area contributed by atoms with E-state index in [2.05, 4.69) is 5.32 Å². The third kappa shape index (κ3) is 4.87. The number of nitrogens with one attached hydrogen (secondary N) is 1. The van der Waals surface area contributed by atoms with Gasteiger partial charge < -0.3 is 21.5 Å². The van der Waals surface area contributed by atoms with Gasteiger partial charge in [-0.05, 0) is 38.1 Å². The van der Waals surface area contributed by atoms with Gasteiger partial charge >= 0.3 is 0 Å². The highest BCUT2D eigenvalue weighted by Crippen LogP contribution is 2.13. The highest BCUT2D eigenvalue weighted by Gasteiger charge is 2.26. The monoisotopic (exact) mass is 265 g/mol. The highest BCUT2D eigenvalue weighted by molar-refractivity contribution is 5.89. The SMILES string of the molecule is CC(C)(NC(=O)CCOc1ccc(N)cc1)C(N)=O. The molecular weight excluding hydrogens is 246 g/mol. The van der Waals surface area contributed by atoms with E-state index in [0.29, 0.717) is 11.4 Å². The van der Waals surface area contributed by atoms with Gasteiger partial charge in [0.15, 0.2) is 0 Å². The van der Waals surface area contributed by atoms with Crippen molar-refractivity contribution >= 4 is 17.5 Å². The third-order valence-corrected chi connectivity index (χ3v) is 2.55. The summed E-state index contributed by atoms with van der Waals surface area (Å²) in [5.41, 5.74) is 10.3. The van der Waals surface area contributed by atoms with Gasteiger partial charge in [0.05, 0.1) is 13.0 Å². The van der Waals surface area contributed by atoms with Crippen LogP contribution in [0.25, 0.3) is 0 Å². The average Bonchev–Trinajstić information content (AvgIpc) is 2.31. The van der Waals surface area contributed by atoms with Crippen molar-refractivity contribution in [2.24, 2.45) is 5.73 Å². The normalized spacial score (nSPS) is 10.8. The molecule has 0 aliphatic carbocycles. The molecule has 0 aliphatic heterocycles. The van der Waals surface area contributed by atoms with E-state index in [1.165, 1.54) is 0 Å². The van der Waals surface area contributed by atoms with Gasteiger partial charge in [-0.15, -0.1) is 0 Å². The summed E-state index contributed by atoms with van der Waals surface area (Å²) < 4.78 is 5.37. The zero-order valence-electron chi connectivity index (χ0n) is 11.1. The van der Waals surface area contributed by atoms with E-state index < -0.39 is 11.4 Å². The fourth-order valence-electron chi connectivity index (χ4n) is 1.30. The van der Waals surface area contributed by atoms with E-state index in [4.69, 9.17) is 16.2 Å². The number of amides is 2. The lowest BCUT2D eigenvalue weighted by atomic mass is 10.1. The van der Waals surface area contributed by atoms with Gasteiger partial charge in [-0.2, -0.15) is 0 Å². The summed E-state index contributed by atoms with van der Waals surface area (Å²) in [5.74, 6) is -0.240. The summed E-state index contributed by atoms with van der Waals surface area (Å²) in [4.78, 5) is 22.6. The number of nitrogen functional groups attached to an aromatic ring is 1. The summed E-state index contributed by atoms with van der Waals surface area (Å²) in [6.07, 6.45) is 0.140. The van der Waals surface area contributed by atoms with Crippen molar-refractivity contribution in [3.05, 3.63) is 24.3 Å². The Morgan fingerprint density at radius 2 is 1.84 bits per heavy atom. The van der Waals surface area contributed by atoms with Crippen LogP contribution in [0.4, 0.5) is 5.69 Å². The van der Waals surface area contributed by atoms with Gasteiger partial charge in [0.1, 0.15) is 11.3 Å². The quantitative estimate of drug-likeness (QED) is 0.648. The maximum atomic E-state index is 11.6. The van der Waals surface area contributed by atoms with Crippen LogP contribution in [0.1, 0.15) is 20.3 Å². The van der Waals surface area contributed by atoms with Gasteiger partial charge in [-0.25, -0.2) is 0 Å². The van der Waals surface area contributed by atoms with E-state index in [1.807, 2.05) is 0 Å². The lowest BCUT2D eigenvalue weighted by Crippen LogP contribution is -2.53. The van der Waals surface area contributed by atoms with Crippen LogP contribution in [0.15, 0.2) is 24.3 Å². The minimum Gasteiger partial charge on any atom is -0.493 e. The number of rotatable bonds is 6. The summed E-state index contributed by atoms with van der Waals surface area (Å²) in [5, 5.41) is 2.54. The summed E-state index contributed by atoms with van der Waals surface area (Å²) in [7, 11) is 0. The largest absolute Gasteiger partial charge is 0.493 e. The first-order valence-electron chi connectivity index (χ1n) is 5.90. The van der Waals surface area contributed by atoms with Gasteiger partial charge in [0.2, 0.25) is 11.8 Å². The lowest BCUT2D eigenvalue weighted by Gasteiger charge is -2.22. The molecule has 0 aliphatic rings. The molecule has 0 bridgehead atoms. The van der Waals surface area contributed by atoms with Gasteiger partial charge in [-0.3, -0.25) is 9.59 Å². The Kier molecular flexibility index (Phi) is 4.74. The molecule has 0 saturated carbocycles. The Balaban J connectivity index is 2.35. The number of ether oxygens (including phenoxy) is 1. The van der Waals surface area contributed by atoms with Crippen molar-refractivity contribution in [2.45, 2.75) is 25.8 Å². The molecule has 1 aromatic carbocycles. The maximum Gasteiger partial charge on any atom is 0.242 e. The minimum atomic E-state index is -1.06. The molecule has 0 atom stereocenters. The summed E-state index contributed by atoms with van der Waals surface area (Å²) in [6.45, 7) is 3.31. The van der Waals surface area contributed by atoms with Crippen LogP contribution in [-0.2, 0) is 9.59 Å². The van der Waals surface area contributed by atoms with Crippen LogP contribution in [0.3, 0.4) is 0 Å². The van der Waals surface area contributed by atoms with Gasteiger partial charge in [0.25, 0.3) is 0 Å². The van der Waals surface area contributed by atoms with Crippen molar-refractivity contribution in [3.8, 4) is 5.75 Å². The standard InChI is InChI=1S/C13H19N3O3/c1-13(2,12(15)18)16-11(17)7-8-19-10-5-3-9(14)4-6-10/h3-6H,7-8,14H2,1-2H3,(H2,15,18)(H,16,17). The molecule has 0 spiro atoms. The van der Waals surface area contributed by atoms with Crippen LogP contribution in [0, 0.1) is 0 Å². The second-order valence-corrected chi connectivity index (χ2v) is 4.70. The number of hydrogen-bond donors (Lipinski definition) is 3. The molecule has 104 valence electrons. The summed E-state index contributed by atoms with van der Waals surface area (Å²) in [6, 6.07) is 6.87. The fourth-order valence-corrected chi connectivity index (χ4v) is 1.30. The first-order chi connectivity index (χ1) is 8.81. The van der Waals surface area contributed by atoms with E-state index >= 15 is 0 Å². The Morgan fingerprint density at radius 3 is 2.37 bits per heavy atom. The Labute approximate surface area is 112 Å². The fraction of sp³-hybridized carbons (Fsp3) is 0.385. The maximum absolute atomic E-state index is 11.6. The zero-order chi connectivity index (χ0) is 14.5. The minimum absolute atomic E-state index is 0.140. The van der Waals surface area contributed by atoms with E-state index in [0.717, 1.165) is 0 Å². The van der Waals surface area contributed by atoms with Crippen molar-refractivity contribution < 1.29 is 14.3 Å². The number of carbonyl (C=O) groups excluding carboxylic acids is 2. The third-order valence-electron chi connectivity index (χ3n) is 2.55. The predicted octanol–water partition coefficient (Wildman–Crippen LogP) is 0.418. The number of carbonyl (C=O) groups is 2. The first kappa shape index (κ1) is 14.8. The molecule has 0 aromatic heterocycles. The molecule has 0 radical (unpaired) electrons. The molecule has 1 aromatic rings. The molecule has 0 unspecified atom stereocenters. The smallest absolute Gasteiger partial charge is 0.242 e. The second-order valence-electron chi connectivity index (χ2n) is 4.70. The summed E-state index contributed by atoms with van der Waals surface area (Å²) >= 11 is 0. The second kappa shape index (κ2) is 6.08. The molecule has 0 saturated heterocycles. The van der Waals surface area contributed by atoms with E-state index in [9.17, 15) is 9.59 Å². The molecule has 6 heteroatoms. The van der Waals surface area contributed by atoms with Crippen LogP contribution in [-0.4, -0.2) is 24.0 Å². The number of hydrogen-bond acceptors (Lipinski definition) is 4. The molecular formula is C13H19N3O3. The highest BCUT2D eigenvalue weighted by atomic mass is 16.5. The average molecular weight is 265 g/mol. The first-order valence-corrected chi connectivity index (χ1v) is 5.90. The number of benzene rings is 1. The molecule has 1 rings (SSSR count). The molecule has 0 fully saturated rings. The number of anilines is 1. The van der Waals surface area contributed by atoms with Crippen molar-refractivity contribution in [1.82, 2.24) is 5.32 Å².